The fourth-order valence-corrected chi connectivity index (χ4v) is 8.23. The molecule has 1 unspecified atom stereocenters. The molecule has 204 valence electrons. The summed E-state index contributed by atoms with van der Waals surface area (Å²) in [6.07, 6.45) is 0.598. The molecule has 0 bridgehead atoms. The van der Waals surface area contributed by atoms with E-state index in [2.05, 4.69) is 43.3 Å². The molecule has 6 nitrogen and oxygen atoms in total. The van der Waals surface area contributed by atoms with Crippen molar-refractivity contribution in [3.8, 4) is 27.1 Å². The number of halogens is 1. The number of carboxylic acids is 1. The van der Waals surface area contributed by atoms with Gasteiger partial charge in [-0.25, -0.2) is 0 Å². The van der Waals surface area contributed by atoms with E-state index in [1.54, 1.807) is 23.9 Å². The Morgan fingerprint density at radius 3 is 2.45 bits per heavy atom. The predicted molar refractivity (Wildman–Crippen MR) is 155 cm³/mol. The van der Waals surface area contributed by atoms with Gasteiger partial charge in [-0.2, -0.15) is 0 Å². The van der Waals surface area contributed by atoms with Crippen molar-refractivity contribution in [3.63, 3.8) is 0 Å². The first-order valence-corrected chi connectivity index (χ1v) is 15.2. The first kappa shape index (κ1) is 27.9. The molecule has 1 N–H and O–H groups in total. The summed E-state index contributed by atoms with van der Waals surface area (Å²) in [5.74, 6) is -0.0307. The van der Waals surface area contributed by atoms with Crippen LogP contribution in [0.25, 0.3) is 21.4 Å². The SMILES string of the molecule is Cc1ccc(-c2nc(C)c(C(Cc3cc(-c4ccc(F)cc4)no3)Sc3ccc(OCC(=O)O)c(C)c3)[se]2)cc1. The molecule has 0 amide bonds. The molecule has 1 atom stereocenters. The molecule has 5 aromatic rings. The number of aromatic nitrogens is 2. The summed E-state index contributed by atoms with van der Waals surface area (Å²) in [6.45, 7) is 5.66. The van der Waals surface area contributed by atoms with Crippen molar-refractivity contribution in [1.82, 2.24) is 10.1 Å². The molecule has 0 saturated heterocycles. The van der Waals surface area contributed by atoms with Crippen LogP contribution in [-0.2, 0) is 11.2 Å². The summed E-state index contributed by atoms with van der Waals surface area (Å²) in [4.78, 5) is 16.9. The molecular formula is C31H27FN2O4SSe. The molecule has 0 fully saturated rings. The first-order valence-electron chi connectivity index (χ1n) is 12.6. The minimum atomic E-state index is -1.01. The van der Waals surface area contributed by atoms with Crippen molar-refractivity contribution in [2.24, 2.45) is 0 Å². The Hall–Kier alpha value is -3.65. The van der Waals surface area contributed by atoms with E-state index in [0.29, 0.717) is 17.9 Å². The zero-order valence-electron chi connectivity index (χ0n) is 22.2. The first-order chi connectivity index (χ1) is 19.2. The van der Waals surface area contributed by atoms with Crippen LogP contribution in [0, 0.1) is 26.6 Å². The molecule has 9 heteroatoms. The third-order valence-electron chi connectivity index (χ3n) is 6.28. The average Bonchev–Trinajstić information content (AvgIpc) is 3.55. The van der Waals surface area contributed by atoms with Gasteiger partial charge in [0.2, 0.25) is 0 Å². The Balaban J connectivity index is 1.45. The summed E-state index contributed by atoms with van der Waals surface area (Å²) < 4.78 is 26.9. The van der Waals surface area contributed by atoms with Crippen LogP contribution >= 0.6 is 11.8 Å². The predicted octanol–water partition coefficient (Wildman–Crippen LogP) is 7.06. The number of hydrogen-bond acceptors (Lipinski definition) is 6. The van der Waals surface area contributed by atoms with Gasteiger partial charge in [0.15, 0.2) is 0 Å². The number of aliphatic carboxylic acids is 1. The van der Waals surface area contributed by atoms with Gasteiger partial charge >= 0.3 is 243 Å². The van der Waals surface area contributed by atoms with E-state index in [1.807, 2.05) is 31.2 Å². The fraction of sp³-hybridized carbons (Fsp3) is 0.194. The third kappa shape index (κ3) is 6.73. The maximum atomic E-state index is 13.4. The average molecular weight is 622 g/mol. The molecule has 0 aliphatic rings. The molecule has 0 saturated carbocycles. The van der Waals surface area contributed by atoms with Crippen LogP contribution in [0.3, 0.4) is 0 Å². The number of thioether (sulfide) groups is 1. The molecule has 0 spiro atoms. The Morgan fingerprint density at radius 2 is 1.75 bits per heavy atom. The summed E-state index contributed by atoms with van der Waals surface area (Å²) >= 11 is 1.74. The Morgan fingerprint density at radius 1 is 1.02 bits per heavy atom. The number of ether oxygens (including phenoxy) is 1. The van der Waals surface area contributed by atoms with Crippen molar-refractivity contribution in [2.45, 2.75) is 37.3 Å². The second-order valence-electron chi connectivity index (χ2n) is 9.44. The van der Waals surface area contributed by atoms with Crippen molar-refractivity contribution >= 4 is 32.2 Å². The van der Waals surface area contributed by atoms with Crippen molar-refractivity contribution < 1.29 is 23.6 Å². The molecule has 40 heavy (non-hydrogen) atoms. The molecule has 5 rings (SSSR count). The van der Waals surface area contributed by atoms with E-state index in [1.165, 1.54) is 22.1 Å². The molecule has 0 radical (unpaired) electrons. The second kappa shape index (κ2) is 12.3. The zero-order valence-corrected chi connectivity index (χ0v) is 24.7. The Labute approximate surface area is 242 Å². The summed E-state index contributed by atoms with van der Waals surface area (Å²) in [5, 5.41) is 13.2. The molecule has 3 aromatic carbocycles. The normalized spacial score (nSPS) is 11.9. The number of carbonyl (C=O) groups is 1. The molecule has 2 aromatic heterocycles. The number of nitrogens with zero attached hydrogens (tertiary/aromatic N) is 2. The number of aryl methyl sites for hydroxylation is 3. The van der Waals surface area contributed by atoms with Crippen LogP contribution in [-0.4, -0.2) is 42.3 Å². The van der Waals surface area contributed by atoms with Gasteiger partial charge in [-0.3, -0.25) is 0 Å². The van der Waals surface area contributed by atoms with Gasteiger partial charge in [0.1, 0.15) is 0 Å². The number of benzene rings is 3. The Bertz CT molecular complexity index is 1630. The van der Waals surface area contributed by atoms with E-state index in [9.17, 15) is 9.18 Å². The van der Waals surface area contributed by atoms with Crippen LogP contribution < -0.4 is 4.74 Å². The quantitative estimate of drug-likeness (QED) is 0.132. The van der Waals surface area contributed by atoms with Gasteiger partial charge < -0.3 is 0 Å². The van der Waals surface area contributed by atoms with Crippen molar-refractivity contribution in [3.05, 3.63) is 106 Å². The van der Waals surface area contributed by atoms with Crippen LogP contribution in [0.2, 0.25) is 0 Å². The Kier molecular flexibility index (Phi) is 8.54. The summed E-state index contributed by atoms with van der Waals surface area (Å²) in [6, 6.07) is 22.3. The molecule has 2 heterocycles. The van der Waals surface area contributed by atoms with E-state index in [-0.39, 0.29) is 32.2 Å². The van der Waals surface area contributed by atoms with Gasteiger partial charge in [-0.05, 0) is 0 Å². The summed E-state index contributed by atoms with van der Waals surface area (Å²) in [7, 11) is 0. The van der Waals surface area contributed by atoms with Gasteiger partial charge in [0.05, 0.1) is 0 Å². The van der Waals surface area contributed by atoms with Crippen LogP contribution in [0.5, 0.6) is 5.75 Å². The van der Waals surface area contributed by atoms with Crippen LogP contribution in [0.1, 0.15) is 32.3 Å². The van der Waals surface area contributed by atoms with Gasteiger partial charge in [0.25, 0.3) is 0 Å². The standard InChI is InChI=1S/C31H27FN2O4SSe/c1-18-4-6-22(7-5-18)31-33-20(3)30(40-31)28(39-25-12-13-27(19(2)14-25)37-17-29(35)36)16-24-15-26(34-38-24)21-8-10-23(32)11-9-21/h4-15,28H,16-17H2,1-3H3,(H,35,36). The van der Waals surface area contributed by atoms with Gasteiger partial charge in [-0.15, -0.1) is 0 Å². The van der Waals surface area contributed by atoms with E-state index in [4.69, 9.17) is 19.4 Å². The monoisotopic (exact) mass is 622 g/mol. The van der Waals surface area contributed by atoms with Crippen LogP contribution in [0.15, 0.2) is 82.2 Å². The van der Waals surface area contributed by atoms with Gasteiger partial charge in [-0.1, -0.05) is 0 Å². The zero-order chi connectivity index (χ0) is 28.2. The molecular weight excluding hydrogens is 594 g/mol. The fourth-order valence-electron chi connectivity index (χ4n) is 4.22. The molecule has 0 aliphatic heterocycles. The minimum absolute atomic E-state index is 0.0242. The maximum absolute atomic E-state index is 13.4. The summed E-state index contributed by atoms with van der Waals surface area (Å²) in [5.41, 5.74) is 5.68. The number of hydrogen-bond donors (Lipinski definition) is 1. The number of rotatable bonds is 10. The van der Waals surface area contributed by atoms with E-state index < -0.39 is 5.97 Å². The van der Waals surface area contributed by atoms with Gasteiger partial charge in [0, 0.05) is 0 Å². The van der Waals surface area contributed by atoms with Crippen molar-refractivity contribution in [1.29, 1.82) is 0 Å². The third-order valence-corrected chi connectivity index (χ3v) is 10.6. The van der Waals surface area contributed by atoms with E-state index >= 15 is 0 Å². The van der Waals surface area contributed by atoms with E-state index in [0.717, 1.165) is 37.6 Å². The molecule has 0 aliphatic carbocycles. The topological polar surface area (TPSA) is 85.5 Å². The van der Waals surface area contributed by atoms with Crippen molar-refractivity contribution in [2.75, 3.05) is 6.61 Å². The number of carboxylic acid groups (broad SMARTS) is 1. The second-order valence-corrected chi connectivity index (χ2v) is 12.9. The van der Waals surface area contributed by atoms with Crippen LogP contribution in [0.4, 0.5) is 4.39 Å².